The molecule has 0 aliphatic heterocycles. The smallest absolute Gasteiger partial charge is 0.326 e. The van der Waals surface area contributed by atoms with E-state index in [9.17, 15) is 18.8 Å². The Morgan fingerprint density at radius 1 is 1.29 bits per heavy atom. The van der Waals surface area contributed by atoms with Crippen LogP contribution in [-0.2, 0) is 9.59 Å². The molecule has 114 valence electrons. The quantitative estimate of drug-likeness (QED) is 0.733. The van der Waals surface area contributed by atoms with Crippen LogP contribution >= 0.6 is 0 Å². The van der Waals surface area contributed by atoms with E-state index in [4.69, 9.17) is 10.2 Å². The molecule has 0 aliphatic carbocycles. The number of carbonyl (C=O) groups excluding carboxylic acids is 1. The Bertz CT molecular complexity index is 549. The van der Waals surface area contributed by atoms with Gasteiger partial charge >= 0.3 is 18.0 Å². The zero-order valence-corrected chi connectivity index (χ0v) is 11.2. The van der Waals surface area contributed by atoms with Gasteiger partial charge in [-0.25, -0.2) is 14.0 Å². The fraction of sp³-hybridized carbons (Fsp3) is 0.308. The second-order valence-electron chi connectivity index (χ2n) is 4.28. The average molecular weight is 298 g/mol. The molecule has 1 atom stereocenters. The highest BCUT2D eigenvalue weighted by Crippen LogP contribution is 2.17. The van der Waals surface area contributed by atoms with Crippen molar-refractivity contribution in [2.75, 3.05) is 11.9 Å². The van der Waals surface area contributed by atoms with E-state index in [1.165, 1.54) is 25.2 Å². The first kappa shape index (κ1) is 16.4. The van der Waals surface area contributed by atoms with Gasteiger partial charge in [0, 0.05) is 13.5 Å². The number of para-hydroxylation sites is 1. The van der Waals surface area contributed by atoms with Crippen molar-refractivity contribution in [2.45, 2.75) is 18.9 Å². The molecule has 7 nitrogen and oxygen atoms in total. The number of rotatable bonds is 6. The predicted molar refractivity (Wildman–Crippen MR) is 71.6 cm³/mol. The molecule has 0 aliphatic rings. The van der Waals surface area contributed by atoms with Crippen molar-refractivity contribution < 1.29 is 29.0 Å². The topological polar surface area (TPSA) is 107 Å². The van der Waals surface area contributed by atoms with E-state index < -0.39 is 36.2 Å². The maximum atomic E-state index is 13.5. The number of anilines is 1. The molecular formula is C13H15FN2O5. The third kappa shape index (κ3) is 4.75. The zero-order valence-electron chi connectivity index (χ0n) is 11.2. The number of halogens is 1. The monoisotopic (exact) mass is 298 g/mol. The Balaban J connectivity index is 2.75. The Labute approximate surface area is 120 Å². The summed E-state index contributed by atoms with van der Waals surface area (Å²) in [5.41, 5.74) is -0.0163. The molecular weight excluding hydrogens is 283 g/mol. The number of hydrogen-bond donors (Lipinski definition) is 3. The van der Waals surface area contributed by atoms with Crippen molar-refractivity contribution in [1.82, 2.24) is 5.32 Å². The maximum absolute atomic E-state index is 13.5. The van der Waals surface area contributed by atoms with Crippen LogP contribution in [0.2, 0.25) is 0 Å². The number of urea groups is 1. The van der Waals surface area contributed by atoms with E-state index in [2.05, 4.69) is 5.32 Å². The summed E-state index contributed by atoms with van der Waals surface area (Å²) in [5, 5.41) is 19.6. The summed E-state index contributed by atoms with van der Waals surface area (Å²) in [4.78, 5) is 34.2. The highest BCUT2D eigenvalue weighted by molar-refractivity contribution is 5.94. The van der Waals surface area contributed by atoms with Crippen molar-refractivity contribution in [1.29, 1.82) is 0 Å². The average Bonchev–Trinajstić information content (AvgIpc) is 2.42. The molecule has 3 N–H and O–H groups in total. The largest absolute Gasteiger partial charge is 0.481 e. The minimum absolute atomic E-state index is 0.0163. The Kier molecular flexibility index (Phi) is 5.65. The molecule has 0 fully saturated rings. The first-order valence-corrected chi connectivity index (χ1v) is 6.06. The number of benzene rings is 1. The highest BCUT2D eigenvalue weighted by Gasteiger charge is 2.23. The van der Waals surface area contributed by atoms with Gasteiger partial charge in [-0.15, -0.1) is 0 Å². The first-order chi connectivity index (χ1) is 9.82. The van der Waals surface area contributed by atoms with Crippen LogP contribution in [-0.4, -0.2) is 41.3 Å². The minimum Gasteiger partial charge on any atom is -0.481 e. The van der Waals surface area contributed by atoms with E-state index >= 15 is 0 Å². The van der Waals surface area contributed by atoms with Crippen LogP contribution < -0.4 is 10.2 Å². The Morgan fingerprint density at radius 3 is 2.43 bits per heavy atom. The van der Waals surface area contributed by atoms with Gasteiger partial charge in [-0.3, -0.25) is 9.69 Å². The third-order valence-electron chi connectivity index (χ3n) is 2.76. The van der Waals surface area contributed by atoms with Crippen LogP contribution in [0.15, 0.2) is 24.3 Å². The van der Waals surface area contributed by atoms with Crippen molar-refractivity contribution in [3.05, 3.63) is 30.1 Å². The molecule has 2 amide bonds. The second kappa shape index (κ2) is 7.22. The number of carboxylic acids is 2. The molecule has 1 aromatic rings. The van der Waals surface area contributed by atoms with Crippen molar-refractivity contribution in [3.8, 4) is 0 Å². The van der Waals surface area contributed by atoms with Gasteiger partial charge in [-0.05, 0) is 18.6 Å². The van der Waals surface area contributed by atoms with E-state index in [0.29, 0.717) is 0 Å². The van der Waals surface area contributed by atoms with Crippen molar-refractivity contribution >= 4 is 23.7 Å². The van der Waals surface area contributed by atoms with Gasteiger partial charge in [-0.1, -0.05) is 12.1 Å². The number of nitrogens with zero attached hydrogens (tertiary/aromatic N) is 1. The van der Waals surface area contributed by atoms with Crippen LogP contribution in [0.4, 0.5) is 14.9 Å². The number of carboxylic acid groups (broad SMARTS) is 2. The van der Waals surface area contributed by atoms with Gasteiger partial charge in [0.1, 0.15) is 11.9 Å². The number of nitrogens with one attached hydrogen (secondary N) is 1. The summed E-state index contributed by atoms with van der Waals surface area (Å²) in [6.07, 6.45) is -0.665. The van der Waals surface area contributed by atoms with E-state index in [-0.39, 0.29) is 12.1 Å². The molecule has 1 unspecified atom stereocenters. The Morgan fingerprint density at radius 2 is 1.90 bits per heavy atom. The number of amides is 2. The fourth-order valence-corrected chi connectivity index (χ4v) is 1.60. The van der Waals surface area contributed by atoms with Crippen LogP contribution in [0.25, 0.3) is 0 Å². The van der Waals surface area contributed by atoms with Crippen LogP contribution in [0.3, 0.4) is 0 Å². The van der Waals surface area contributed by atoms with Gasteiger partial charge < -0.3 is 15.5 Å². The minimum atomic E-state index is -1.36. The van der Waals surface area contributed by atoms with Gasteiger partial charge in [0.05, 0.1) is 5.69 Å². The third-order valence-corrected chi connectivity index (χ3v) is 2.76. The molecule has 0 heterocycles. The number of hydrogen-bond acceptors (Lipinski definition) is 3. The van der Waals surface area contributed by atoms with E-state index in [1.807, 2.05) is 0 Å². The molecule has 0 saturated heterocycles. The second-order valence-corrected chi connectivity index (χ2v) is 4.28. The molecule has 21 heavy (non-hydrogen) atoms. The standard InChI is InChI=1S/C13H15FN2O5/c1-16(10-5-3-2-4-8(10)14)13(21)15-9(12(19)20)6-7-11(17)18/h2-5,9H,6-7H2,1H3,(H,15,21)(H,17,18)(H,19,20). The Hall–Kier alpha value is -2.64. The number of carbonyl (C=O) groups is 3. The molecule has 0 bridgehead atoms. The highest BCUT2D eigenvalue weighted by atomic mass is 19.1. The SMILES string of the molecule is CN(C(=O)NC(CCC(=O)O)C(=O)O)c1ccccc1F. The summed E-state index contributed by atoms with van der Waals surface area (Å²) in [7, 11) is 1.28. The summed E-state index contributed by atoms with van der Waals surface area (Å²) >= 11 is 0. The lowest BCUT2D eigenvalue weighted by Gasteiger charge is -2.21. The van der Waals surface area contributed by atoms with Gasteiger partial charge in [0.2, 0.25) is 0 Å². The maximum Gasteiger partial charge on any atom is 0.326 e. The predicted octanol–water partition coefficient (Wildman–Crippen LogP) is 1.29. The van der Waals surface area contributed by atoms with Crippen molar-refractivity contribution in [2.24, 2.45) is 0 Å². The van der Waals surface area contributed by atoms with Crippen LogP contribution in [0.1, 0.15) is 12.8 Å². The lowest BCUT2D eigenvalue weighted by Crippen LogP contribution is -2.47. The van der Waals surface area contributed by atoms with Gasteiger partial charge in [0.25, 0.3) is 0 Å². The summed E-state index contributed by atoms with van der Waals surface area (Å²) < 4.78 is 13.5. The molecule has 8 heteroatoms. The lowest BCUT2D eigenvalue weighted by atomic mass is 10.1. The lowest BCUT2D eigenvalue weighted by molar-refractivity contribution is -0.140. The van der Waals surface area contributed by atoms with Gasteiger partial charge in [0.15, 0.2) is 0 Å². The summed E-state index contributed by atoms with van der Waals surface area (Å²) in [6, 6.07) is 3.32. The molecule has 0 radical (unpaired) electrons. The molecule has 0 aromatic heterocycles. The molecule has 0 saturated carbocycles. The first-order valence-electron chi connectivity index (χ1n) is 6.06. The van der Waals surface area contributed by atoms with Gasteiger partial charge in [-0.2, -0.15) is 0 Å². The molecule has 0 spiro atoms. The normalized spacial score (nSPS) is 11.5. The molecule has 1 aromatic carbocycles. The van der Waals surface area contributed by atoms with E-state index in [1.54, 1.807) is 0 Å². The zero-order chi connectivity index (χ0) is 16.0. The molecule has 1 rings (SSSR count). The summed E-state index contributed by atoms with van der Waals surface area (Å²) in [6.45, 7) is 0. The van der Waals surface area contributed by atoms with Crippen LogP contribution in [0.5, 0.6) is 0 Å². The summed E-state index contributed by atoms with van der Waals surface area (Å²) in [5.74, 6) is -3.16. The fourth-order valence-electron chi connectivity index (χ4n) is 1.60. The van der Waals surface area contributed by atoms with E-state index in [0.717, 1.165) is 11.0 Å². The van der Waals surface area contributed by atoms with Crippen LogP contribution in [0, 0.1) is 5.82 Å². The van der Waals surface area contributed by atoms with Crippen molar-refractivity contribution in [3.63, 3.8) is 0 Å². The number of aliphatic carboxylic acids is 2.